The summed E-state index contributed by atoms with van der Waals surface area (Å²) < 4.78 is 1.63. The van der Waals surface area contributed by atoms with Crippen molar-refractivity contribution in [2.45, 2.75) is 6.92 Å². The number of benzene rings is 1. The van der Waals surface area contributed by atoms with Crippen molar-refractivity contribution >= 4 is 10.8 Å². The molecule has 4 nitrogen and oxygen atoms in total. The monoisotopic (exact) mass is 248 g/mol. The van der Waals surface area contributed by atoms with Crippen molar-refractivity contribution in [2.24, 2.45) is 7.05 Å². The maximum atomic E-state index is 9.10. The van der Waals surface area contributed by atoms with Gasteiger partial charge in [0.05, 0.1) is 11.3 Å². The Morgan fingerprint density at radius 2 is 2.16 bits per heavy atom. The Labute approximate surface area is 110 Å². The fraction of sp³-hybridized carbons (Fsp3) is 0.133. The molecule has 92 valence electrons. The molecule has 0 fully saturated rings. The normalized spacial score (nSPS) is 10.6. The summed E-state index contributed by atoms with van der Waals surface area (Å²) >= 11 is 0. The van der Waals surface area contributed by atoms with Crippen LogP contribution in [-0.2, 0) is 7.05 Å². The highest BCUT2D eigenvalue weighted by Crippen LogP contribution is 2.25. The highest BCUT2D eigenvalue weighted by Gasteiger charge is 2.11. The lowest BCUT2D eigenvalue weighted by atomic mass is 10.1. The molecule has 4 heteroatoms. The maximum absolute atomic E-state index is 9.10. The van der Waals surface area contributed by atoms with Crippen molar-refractivity contribution in [1.29, 1.82) is 5.26 Å². The fourth-order valence-corrected chi connectivity index (χ4v) is 2.23. The van der Waals surface area contributed by atoms with E-state index < -0.39 is 0 Å². The van der Waals surface area contributed by atoms with Gasteiger partial charge in [-0.05, 0) is 23.9 Å². The Balaban J connectivity index is 2.24. The lowest BCUT2D eigenvalue weighted by Crippen LogP contribution is -1.87. The number of aromatic nitrogens is 3. The van der Waals surface area contributed by atoms with Gasteiger partial charge in [-0.15, -0.1) is 0 Å². The molecule has 0 radical (unpaired) electrons. The van der Waals surface area contributed by atoms with E-state index >= 15 is 0 Å². The van der Waals surface area contributed by atoms with E-state index in [1.165, 1.54) is 5.56 Å². The van der Waals surface area contributed by atoms with Crippen LogP contribution in [0.5, 0.6) is 0 Å². The van der Waals surface area contributed by atoms with Crippen LogP contribution in [0.2, 0.25) is 0 Å². The number of fused-ring (bicyclic) bond motifs is 1. The number of aryl methyl sites for hydroxylation is 2. The minimum Gasteiger partial charge on any atom is -0.274 e. The molecule has 0 atom stereocenters. The van der Waals surface area contributed by atoms with Gasteiger partial charge >= 0.3 is 0 Å². The molecule has 0 amide bonds. The molecule has 0 N–H and O–H groups in total. The molecule has 2 heterocycles. The van der Waals surface area contributed by atoms with E-state index in [-0.39, 0.29) is 0 Å². The Kier molecular flexibility index (Phi) is 2.53. The van der Waals surface area contributed by atoms with Crippen LogP contribution in [0.25, 0.3) is 22.0 Å². The summed E-state index contributed by atoms with van der Waals surface area (Å²) in [6, 6.07) is 10.2. The van der Waals surface area contributed by atoms with E-state index in [0.29, 0.717) is 5.69 Å². The summed E-state index contributed by atoms with van der Waals surface area (Å²) in [5.41, 5.74) is 3.15. The van der Waals surface area contributed by atoms with Crippen LogP contribution in [-0.4, -0.2) is 14.8 Å². The second-order valence-electron chi connectivity index (χ2n) is 4.54. The molecule has 2 aromatic heterocycles. The first-order valence-corrected chi connectivity index (χ1v) is 5.98. The van der Waals surface area contributed by atoms with Crippen molar-refractivity contribution in [2.75, 3.05) is 0 Å². The summed E-state index contributed by atoms with van der Waals surface area (Å²) in [4.78, 5) is 4.46. The molecule has 0 aliphatic rings. The Morgan fingerprint density at radius 1 is 1.32 bits per heavy atom. The molecule has 3 rings (SSSR count). The third-order valence-electron chi connectivity index (χ3n) is 3.19. The van der Waals surface area contributed by atoms with E-state index in [1.54, 1.807) is 11.7 Å². The number of hydrogen-bond acceptors (Lipinski definition) is 3. The van der Waals surface area contributed by atoms with Crippen molar-refractivity contribution in [3.05, 3.63) is 47.9 Å². The zero-order valence-electron chi connectivity index (χ0n) is 10.8. The highest BCUT2D eigenvalue weighted by molar-refractivity contribution is 5.88. The third-order valence-corrected chi connectivity index (χ3v) is 3.19. The molecular weight excluding hydrogens is 236 g/mol. The molecule has 0 aliphatic heterocycles. The quantitative estimate of drug-likeness (QED) is 0.665. The Morgan fingerprint density at radius 3 is 2.95 bits per heavy atom. The Hall–Kier alpha value is -2.67. The molecule has 3 aromatic rings. The molecule has 0 bridgehead atoms. The summed E-state index contributed by atoms with van der Waals surface area (Å²) in [5, 5.41) is 15.5. The molecule has 1 aromatic carbocycles. The topological polar surface area (TPSA) is 54.5 Å². The van der Waals surface area contributed by atoms with Gasteiger partial charge in [0, 0.05) is 24.8 Å². The van der Waals surface area contributed by atoms with Gasteiger partial charge in [0.25, 0.3) is 0 Å². The van der Waals surface area contributed by atoms with Gasteiger partial charge in [-0.3, -0.25) is 9.67 Å². The number of hydrogen-bond donors (Lipinski definition) is 0. The first-order chi connectivity index (χ1) is 9.19. The van der Waals surface area contributed by atoms with Crippen LogP contribution in [0.3, 0.4) is 0 Å². The zero-order chi connectivity index (χ0) is 13.4. The molecular formula is C15H12N4. The maximum Gasteiger partial charge on any atom is 0.171 e. The lowest BCUT2D eigenvalue weighted by molar-refractivity contribution is 0.763. The van der Waals surface area contributed by atoms with E-state index in [9.17, 15) is 0 Å². The molecule has 0 saturated carbocycles. The van der Waals surface area contributed by atoms with Crippen LogP contribution >= 0.6 is 0 Å². The van der Waals surface area contributed by atoms with Crippen LogP contribution in [0, 0.1) is 18.3 Å². The van der Waals surface area contributed by atoms with Gasteiger partial charge in [0.15, 0.2) is 5.69 Å². The van der Waals surface area contributed by atoms with Crippen LogP contribution in [0.1, 0.15) is 11.3 Å². The Bertz CT molecular complexity index is 809. The number of pyridine rings is 1. The van der Waals surface area contributed by atoms with Crippen LogP contribution in [0.4, 0.5) is 0 Å². The van der Waals surface area contributed by atoms with Crippen molar-refractivity contribution in [3.8, 4) is 17.3 Å². The van der Waals surface area contributed by atoms with E-state index in [4.69, 9.17) is 5.26 Å². The molecule has 0 spiro atoms. The van der Waals surface area contributed by atoms with Gasteiger partial charge in [-0.1, -0.05) is 18.2 Å². The van der Waals surface area contributed by atoms with Crippen molar-refractivity contribution in [1.82, 2.24) is 14.8 Å². The summed E-state index contributed by atoms with van der Waals surface area (Å²) in [7, 11) is 1.80. The van der Waals surface area contributed by atoms with Gasteiger partial charge < -0.3 is 0 Å². The SMILES string of the molecule is Cc1cccc2cc(-c3cn(C)nc3C#N)ncc12. The van der Waals surface area contributed by atoms with Crippen molar-refractivity contribution in [3.63, 3.8) is 0 Å². The summed E-state index contributed by atoms with van der Waals surface area (Å²) in [5.74, 6) is 0. The summed E-state index contributed by atoms with van der Waals surface area (Å²) in [6.45, 7) is 2.06. The zero-order valence-corrected chi connectivity index (χ0v) is 10.8. The largest absolute Gasteiger partial charge is 0.274 e. The van der Waals surface area contributed by atoms with Crippen molar-refractivity contribution < 1.29 is 0 Å². The molecule has 0 unspecified atom stereocenters. The first-order valence-electron chi connectivity index (χ1n) is 5.98. The molecule has 0 saturated heterocycles. The second-order valence-corrected chi connectivity index (χ2v) is 4.54. The number of rotatable bonds is 1. The number of nitriles is 1. The molecule has 19 heavy (non-hydrogen) atoms. The smallest absolute Gasteiger partial charge is 0.171 e. The minimum atomic E-state index is 0.405. The van der Waals surface area contributed by atoms with Gasteiger partial charge in [0.1, 0.15) is 6.07 Å². The fourth-order valence-electron chi connectivity index (χ4n) is 2.23. The summed E-state index contributed by atoms with van der Waals surface area (Å²) in [6.07, 6.45) is 3.68. The molecule has 0 aliphatic carbocycles. The van der Waals surface area contributed by atoms with Gasteiger partial charge in [0.2, 0.25) is 0 Å². The lowest BCUT2D eigenvalue weighted by Gasteiger charge is -2.03. The highest BCUT2D eigenvalue weighted by atomic mass is 15.3. The third kappa shape index (κ3) is 1.85. The van der Waals surface area contributed by atoms with E-state index in [1.807, 2.05) is 24.5 Å². The average molecular weight is 248 g/mol. The minimum absolute atomic E-state index is 0.405. The predicted octanol–water partition coefficient (Wildman–Crippen LogP) is 2.82. The van der Waals surface area contributed by atoms with Crippen LogP contribution < -0.4 is 0 Å². The second kappa shape index (κ2) is 4.21. The van der Waals surface area contributed by atoms with Gasteiger partial charge in [-0.25, -0.2) is 0 Å². The standard InChI is InChI=1S/C15H12N4/c1-10-4-3-5-11-6-14(17-8-12(10)11)13-9-19(2)18-15(13)7-16/h3-6,8-9H,1-2H3. The number of nitrogens with zero attached hydrogens (tertiary/aromatic N) is 4. The van der Waals surface area contributed by atoms with E-state index in [0.717, 1.165) is 22.0 Å². The van der Waals surface area contributed by atoms with Gasteiger partial charge in [-0.2, -0.15) is 10.4 Å². The predicted molar refractivity (Wildman–Crippen MR) is 73.4 cm³/mol. The van der Waals surface area contributed by atoms with E-state index in [2.05, 4.69) is 35.2 Å². The average Bonchev–Trinajstić information content (AvgIpc) is 2.80. The van der Waals surface area contributed by atoms with Crippen LogP contribution in [0.15, 0.2) is 36.7 Å². The first kappa shape index (κ1) is 11.4.